The number of thiazole rings is 1. The van der Waals surface area contributed by atoms with E-state index in [0.717, 1.165) is 36.2 Å². The zero-order chi connectivity index (χ0) is 23.2. The second-order valence-electron chi connectivity index (χ2n) is 8.68. The first-order chi connectivity index (χ1) is 16.0. The maximum absolute atomic E-state index is 12.6. The van der Waals surface area contributed by atoms with E-state index in [0.29, 0.717) is 17.9 Å². The first-order valence-electron chi connectivity index (χ1n) is 11.7. The second kappa shape index (κ2) is 10.8. The number of aromatic nitrogens is 1. The Bertz CT molecular complexity index is 1050. The smallest absolute Gasteiger partial charge is 0.260 e. The van der Waals surface area contributed by atoms with Crippen molar-refractivity contribution < 1.29 is 14.3 Å². The molecule has 3 aromatic rings. The summed E-state index contributed by atoms with van der Waals surface area (Å²) in [5.74, 6) is 0.496. The van der Waals surface area contributed by atoms with Crippen LogP contribution >= 0.6 is 11.3 Å². The van der Waals surface area contributed by atoms with E-state index in [1.807, 2.05) is 23.1 Å². The molecule has 6 nitrogen and oxygen atoms in total. The Balaban J connectivity index is 1.20. The molecule has 2 amide bonds. The standard InChI is InChI=1S/C26H31N3O3S/c1-18-7-5-8-19(2)29(18)25(30)17-32-21-14-12-20(13-15-21)26(31)27-16-6-11-24-28-22-9-3-4-10-23(22)33-24/h3-4,9-10,12-15,18-19H,5-8,11,16-17H2,1-2H3,(H,27,31). The van der Waals surface area contributed by atoms with Crippen molar-refractivity contribution in [1.82, 2.24) is 15.2 Å². The molecule has 0 saturated carbocycles. The molecule has 1 fully saturated rings. The molecule has 174 valence electrons. The highest BCUT2D eigenvalue weighted by Crippen LogP contribution is 2.23. The highest BCUT2D eigenvalue weighted by atomic mass is 32.1. The lowest BCUT2D eigenvalue weighted by molar-refractivity contribution is -0.139. The number of nitrogens with one attached hydrogen (secondary N) is 1. The molecule has 4 rings (SSSR count). The Morgan fingerprint density at radius 3 is 2.55 bits per heavy atom. The van der Waals surface area contributed by atoms with Gasteiger partial charge in [-0.2, -0.15) is 0 Å². The molecular formula is C26H31N3O3S. The Morgan fingerprint density at radius 2 is 1.82 bits per heavy atom. The molecule has 0 spiro atoms. The van der Waals surface area contributed by atoms with Crippen LogP contribution in [-0.4, -0.2) is 46.9 Å². The van der Waals surface area contributed by atoms with Crippen molar-refractivity contribution in [2.75, 3.05) is 13.2 Å². The van der Waals surface area contributed by atoms with Crippen molar-refractivity contribution in [2.24, 2.45) is 0 Å². The minimum atomic E-state index is -0.113. The molecule has 1 aliphatic rings. The summed E-state index contributed by atoms with van der Waals surface area (Å²) >= 11 is 1.71. The summed E-state index contributed by atoms with van der Waals surface area (Å²) in [7, 11) is 0. The maximum Gasteiger partial charge on any atom is 0.260 e. The number of nitrogens with zero attached hydrogens (tertiary/aromatic N) is 2. The molecule has 1 aliphatic heterocycles. The first kappa shape index (κ1) is 23.2. The van der Waals surface area contributed by atoms with E-state index in [1.165, 1.54) is 11.1 Å². The summed E-state index contributed by atoms with van der Waals surface area (Å²) in [6.45, 7) is 4.81. The molecule has 2 unspecified atom stereocenters. The summed E-state index contributed by atoms with van der Waals surface area (Å²) in [6.07, 6.45) is 4.93. The summed E-state index contributed by atoms with van der Waals surface area (Å²) < 4.78 is 6.89. The molecule has 7 heteroatoms. The Morgan fingerprint density at radius 1 is 1.09 bits per heavy atom. The number of likely N-dealkylation sites (tertiary alicyclic amines) is 1. The number of para-hydroxylation sites is 1. The van der Waals surface area contributed by atoms with E-state index < -0.39 is 0 Å². The fourth-order valence-corrected chi connectivity index (χ4v) is 5.41. The predicted molar refractivity (Wildman–Crippen MR) is 132 cm³/mol. The van der Waals surface area contributed by atoms with Gasteiger partial charge in [-0.1, -0.05) is 12.1 Å². The fourth-order valence-electron chi connectivity index (χ4n) is 4.41. The normalized spacial score (nSPS) is 18.3. The van der Waals surface area contributed by atoms with Crippen LogP contribution in [0, 0.1) is 0 Å². The predicted octanol–water partition coefficient (Wildman–Crippen LogP) is 4.83. The molecule has 2 atom stereocenters. The molecule has 0 bridgehead atoms. The van der Waals surface area contributed by atoms with Gasteiger partial charge >= 0.3 is 0 Å². The lowest BCUT2D eigenvalue weighted by atomic mass is 9.97. The summed E-state index contributed by atoms with van der Waals surface area (Å²) in [6, 6.07) is 15.6. The number of fused-ring (bicyclic) bond motifs is 1. The van der Waals surface area contributed by atoms with Crippen LogP contribution in [-0.2, 0) is 11.2 Å². The molecule has 1 N–H and O–H groups in total. The number of rotatable bonds is 8. The van der Waals surface area contributed by atoms with Crippen molar-refractivity contribution in [2.45, 2.75) is 58.0 Å². The zero-order valence-corrected chi connectivity index (χ0v) is 20.1. The average Bonchev–Trinajstić information content (AvgIpc) is 3.23. The van der Waals surface area contributed by atoms with E-state index in [2.05, 4.69) is 30.2 Å². The number of carbonyl (C=O) groups excluding carboxylic acids is 2. The number of piperidine rings is 1. The first-order valence-corrected chi connectivity index (χ1v) is 12.5. The van der Waals surface area contributed by atoms with Crippen LogP contribution in [0.25, 0.3) is 10.2 Å². The Hall–Kier alpha value is -2.93. The number of carbonyl (C=O) groups is 2. The van der Waals surface area contributed by atoms with Gasteiger partial charge in [0.15, 0.2) is 6.61 Å². The molecular weight excluding hydrogens is 434 g/mol. The fraction of sp³-hybridized carbons (Fsp3) is 0.423. The monoisotopic (exact) mass is 465 g/mol. The lowest BCUT2D eigenvalue weighted by Crippen LogP contribution is -2.49. The van der Waals surface area contributed by atoms with Gasteiger partial charge < -0.3 is 15.0 Å². The molecule has 1 aromatic heterocycles. The summed E-state index contributed by atoms with van der Waals surface area (Å²) in [5.41, 5.74) is 1.61. The molecule has 1 saturated heterocycles. The third-order valence-electron chi connectivity index (χ3n) is 6.15. The van der Waals surface area contributed by atoms with Crippen molar-refractivity contribution in [1.29, 1.82) is 0 Å². The van der Waals surface area contributed by atoms with Gasteiger partial charge in [-0.15, -0.1) is 11.3 Å². The van der Waals surface area contributed by atoms with Crippen LogP contribution in [0.3, 0.4) is 0 Å². The third kappa shape index (κ3) is 5.90. The van der Waals surface area contributed by atoms with Gasteiger partial charge in [-0.05, 0) is 75.9 Å². The van der Waals surface area contributed by atoms with E-state index >= 15 is 0 Å². The number of ether oxygens (including phenoxy) is 1. The highest BCUT2D eigenvalue weighted by molar-refractivity contribution is 7.18. The quantitative estimate of drug-likeness (QED) is 0.484. The summed E-state index contributed by atoms with van der Waals surface area (Å²) in [4.78, 5) is 31.6. The number of hydrogen-bond donors (Lipinski definition) is 1. The minimum Gasteiger partial charge on any atom is -0.484 e. The van der Waals surface area contributed by atoms with Crippen molar-refractivity contribution >= 4 is 33.4 Å². The zero-order valence-electron chi connectivity index (χ0n) is 19.3. The molecule has 33 heavy (non-hydrogen) atoms. The summed E-state index contributed by atoms with van der Waals surface area (Å²) in [5, 5.41) is 4.05. The largest absolute Gasteiger partial charge is 0.484 e. The van der Waals surface area contributed by atoms with E-state index in [4.69, 9.17) is 4.74 Å². The van der Waals surface area contributed by atoms with Crippen LogP contribution in [0.4, 0.5) is 0 Å². The maximum atomic E-state index is 12.6. The molecule has 2 aromatic carbocycles. The van der Waals surface area contributed by atoms with Crippen molar-refractivity contribution in [3.8, 4) is 5.75 Å². The van der Waals surface area contributed by atoms with Gasteiger partial charge in [0.05, 0.1) is 15.2 Å². The second-order valence-corrected chi connectivity index (χ2v) is 9.79. The van der Waals surface area contributed by atoms with E-state index in [-0.39, 0.29) is 30.5 Å². The lowest BCUT2D eigenvalue weighted by Gasteiger charge is -2.38. The molecule has 0 radical (unpaired) electrons. The van der Waals surface area contributed by atoms with Gasteiger partial charge in [-0.3, -0.25) is 9.59 Å². The number of aryl methyl sites for hydroxylation is 1. The average molecular weight is 466 g/mol. The van der Waals surface area contributed by atoms with Gasteiger partial charge in [0.25, 0.3) is 11.8 Å². The van der Waals surface area contributed by atoms with Crippen molar-refractivity contribution in [3.63, 3.8) is 0 Å². The SMILES string of the molecule is CC1CCCC(C)N1C(=O)COc1ccc(C(=O)NCCCc2nc3ccccc3s2)cc1. The van der Waals surface area contributed by atoms with Crippen LogP contribution in [0.2, 0.25) is 0 Å². The minimum absolute atomic E-state index is 0.0182. The Labute approximate surface area is 199 Å². The number of hydrogen-bond acceptors (Lipinski definition) is 5. The topological polar surface area (TPSA) is 71.5 Å². The van der Waals surface area contributed by atoms with E-state index in [9.17, 15) is 9.59 Å². The van der Waals surface area contributed by atoms with Crippen molar-refractivity contribution in [3.05, 3.63) is 59.1 Å². The number of amides is 2. The van der Waals surface area contributed by atoms with E-state index in [1.54, 1.807) is 35.6 Å². The highest BCUT2D eigenvalue weighted by Gasteiger charge is 2.28. The van der Waals surface area contributed by atoms with Crippen LogP contribution < -0.4 is 10.1 Å². The Kier molecular flexibility index (Phi) is 7.60. The van der Waals surface area contributed by atoms with Gasteiger partial charge in [-0.25, -0.2) is 4.98 Å². The van der Waals surface area contributed by atoms with Crippen LogP contribution in [0.1, 0.15) is 54.9 Å². The van der Waals surface area contributed by atoms with Gasteiger partial charge in [0, 0.05) is 30.6 Å². The molecule has 0 aliphatic carbocycles. The number of benzene rings is 2. The van der Waals surface area contributed by atoms with Gasteiger partial charge in [0.2, 0.25) is 0 Å². The molecule has 2 heterocycles. The third-order valence-corrected chi connectivity index (χ3v) is 7.25. The van der Waals surface area contributed by atoms with Crippen LogP contribution in [0.15, 0.2) is 48.5 Å². The van der Waals surface area contributed by atoms with Gasteiger partial charge in [0.1, 0.15) is 5.75 Å². The van der Waals surface area contributed by atoms with Crippen LogP contribution in [0.5, 0.6) is 5.75 Å².